The normalized spacial score (nSPS) is 11.2. The molecule has 1 rings (SSSR count). The Bertz CT molecular complexity index is 411. The Morgan fingerprint density at radius 3 is 2.46 bits per heavy atom. The maximum Gasteiger partial charge on any atom is 0.179 e. The number of anilines is 1. The molecule has 1 aromatic carbocycles. The van der Waals surface area contributed by atoms with Gasteiger partial charge in [-0.15, -0.1) is 0 Å². The van der Waals surface area contributed by atoms with Crippen molar-refractivity contribution in [2.75, 3.05) is 19.1 Å². The fraction of sp³-hybridized carbons (Fsp3) is 0.250. The molecule has 0 heterocycles. The van der Waals surface area contributed by atoms with Gasteiger partial charge in [-0.3, -0.25) is 0 Å². The highest BCUT2D eigenvalue weighted by atomic mass is 32.2. The summed E-state index contributed by atoms with van der Waals surface area (Å²) < 4.78 is 27.3. The largest absolute Gasteiger partial charge is 0.495 e. The number of ether oxygens (including phenoxy) is 1. The van der Waals surface area contributed by atoms with E-state index in [1.807, 2.05) is 0 Å². The van der Waals surface area contributed by atoms with Gasteiger partial charge < -0.3 is 10.5 Å². The fourth-order valence-corrected chi connectivity index (χ4v) is 1.81. The zero-order valence-corrected chi connectivity index (χ0v) is 8.26. The molecule has 1 aromatic rings. The third-order valence-electron chi connectivity index (χ3n) is 1.59. The lowest BCUT2D eigenvalue weighted by molar-refractivity contribution is 0.403. The molecule has 0 aliphatic carbocycles. The summed E-state index contributed by atoms with van der Waals surface area (Å²) in [4.78, 5) is 0.157. The molecule has 0 spiro atoms. The van der Waals surface area contributed by atoms with Gasteiger partial charge in [0.25, 0.3) is 0 Å². The fourth-order valence-electron chi connectivity index (χ4n) is 0.991. The molecular weight excluding hydrogens is 190 g/mol. The topological polar surface area (TPSA) is 69.4 Å². The van der Waals surface area contributed by atoms with Gasteiger partial charge in [0.05, 0.1) is 7.11 Å². The first kappa shape index (κ1) is 9.85. The Morgan fingerprint density at radius 1 is 1.38 bits per heavy atom. The molecule has 0 fully saturated rings. The van der Waals surface area contributed by atoms with Crippen molar-refractivity contribution in [3.63, 3.8) is 0 Å². The maximum atomic E-state index is 11.2. The van der Waals surface area contributed by atoms with Crippen LogP contribution in [0.3, 0.4) is 0 Å². The minimum Gasteiger partial charge on any atom is -0.495 e. The average Bonchev–Trinajstić information content (AvgIpc) is 2.01. The van der Waals surface area contributed by atoms with Crippen molar-refractivity contribution in [3.05, 3.63) is 18.2 Å². The van der Waals surface area contributed by atoms with Gasteiger partial charge in [0.2, 0.25) is 0 Å². The van der Waals surface area contributed by atoms with E-state index in [4.69, 9.17) is 10.5 Å². The van der Waals surface area contributed by atoms with Gasteiger partial charge in [0.1, 0.15) is 10.6 Å². The number of methoxy groups -OCH3 is 1. The molecule has 0 aliphatic rings. The molecule has 13 heavy (non-hydrogen) atoms. The minimum atomic E-state index is -3.24. The first-order chi connectivity index (χ1) is 5.95. The third kappa shape index (κ3) is 2.12. The average molecular weight is 201 g/mol. The Morgan fingerprint density at radius 2 is 2.00 bits per heavy atom. The zero-order valence-electron chi connectivity index (χ0n) is 7.44. The van der Waals surface area contributed by atoms with Crippen molar-refractivity contribution >= 4 is 15.5 Å². The van der Waals surface area contributed by atoms with Gasteiger partial charge in [0, 0.05) is 18.0 Å². The van der Waals surface area contributed by atoms with Crippen molar-refractivity contribution in [2.45, 2.75) is 4.90 Å². The summed E-state index contributed by atoms with van der Waals surface area (Å²) in [7, 11) is -1.84. The molecule has 4 nitrogen and oxygen atoms in total. The summed E-state index contributed by atoms with van der Waals surface area (Å²) >= 11 is 0. The van der Waals surface area contributed by atoms with Crippen LogP contribution in [0.25, 0.3) is 0 Å². The van der Waals surface area contributed by atoms with E-state index < -0.39 is 9.84 Å². The zero-order chi connectivity index (χ0) is 10.1. The Labute approximate surface area is 77.2 Å². The molecule has 0 amide bonds. The molecule has 0 bridgehead atoms. The Hall–Kier alpha value is -1.23. The highest BCUT2D eigenvalue weighted by Gasteiger charge is 2.13. The van der Waals surface area contributed by atoms with Crippen LogP contribution in [0, 0.1) is 0 Å². The first-order valence-electron chi connectivity index (χ1n) is 3.58. The molecule has 0 radical (unpaired) electrons. The Kier molecular flexibility index (Phi) is 2.47. The van der Waals surface area contributed by atoms with Crippen LogP contribution in [0.15, 0.2) is 23.1 Å². The van der Waals surface area contributed by atoms with Crippen molar-refractivity contribution in [1.82, 2.24) is 0 Å². The second kappa shape index (κ2) is 3.26. The summed E-state index contributed by atoms with van der Waals surface area (Å²) in [6.07, 6.45) is 1.13. The SMILES string of the molecule is COc1cc(N)ccc1S(C)(=O)=O. The summed E-state index contributed by atoms with van der Waals surface area (Å²) in [5.41, 5.74) is 5.95. The van der Waals surface area contributed by atoms with Gasteiger partial charge in [-0.05, 0) is 12.1 Å². The lowest BCUT2D eigenvalue weighted by atomic mass is 10.3. The van der Waals surface area contributed by atoms with Crippen molar-refractivity contribution in [1.29, 1.82) is 0 Å². The lowest BCUT2D eigenvalue weighted by Gasteiger charge is -2.06. The first-order valence-corrected chi connectivity index (χ1v) is 5.48. The van der Waals surface area contributed by atoms with Gasteiger partial charge in [-0.1, -0.05) is 0 Å². The molecule has 2 N–H and O–H groups in total. The predicted molar refractivity (Wildman–Crippen MR) is 50.5 cm³/mol. The van der Waals surface area contributed by atoms with Crippen molar-refractivity contribution in [2.24, 2.45) is 0 Å². The van der Waals surface area contributed by atoms with E-state index in [0.29, 0.717) is 5.69 Å². The molecule has 0 aromatic heterocycles. The second-order valence-electron chi connectivity index (χ2n) is 2.68. The number of nitrogen functional groups attached to an aromatic ring is 1. The highest BCUT2D eigenvalue weighted by molar-refractivity contribution is 7.90. The summed E-state index contributed by atoms with van der Waals surface area (Å²) in [6.45, 7) is 0. The standard InChI is InChI=1S/C8H11NO3S/c1-12-7-5-6(9)3-4-8(7)13(2,10)11/h3-5H,9H2,1-2H3. The minimum absolute atomic E-state index is 0.157. The number of nitrogens with two attached hydrogens (primary N) is 1. The van der Waals surface area contributed by atoms with Gasteiger partial charge in [-0.2, -0.15) is 0 Å². The van der Waals surface area contributed by atoms with Crippen LogP contribution in [0.1, 0.15) is 0 Å². The van der Waals surface area contributed by atoms with Crippen LogP contribution in [0.2, 0.25) is 0 Å². The smallest absolute Gasteiger partial charge is 0.179 e. The molecular formula is C8H11NO3S. The number of rotatable bonds is 2. The highest BCUT2D eigenvalue weighted by Crippen LogP contribution is 2.25. The Balaban J connectivity index is 3.39. The maximum absolute atomic E-state index is 11.2. The molecule has 0 aliphatic heterocycles. The van der Waals surface area contributed by atoms with Gasteiger partial charge in [-0.25, -0.2) is 8.42 Å². The molecule has 0 saturated carbocycles. The van der Waals surface area contributed by atoms with Crippen LogP contribution >= 0.6 is 0 Å². The van der Waals surface area contributed by atoms with E-state index in [9.17, 15) is 8.42 Å². The van der Waals surface area contributed by atoms with E-state index in [2.05, 4.69) is 0 Å². The van der Waals surface area contributed by atoms with Crippen LogP contribution in [0.4, 0.5) is 5.69 Å². The van der Waals surface area contributed by atoms with E-state index in [1.54, 1.807) is 0 Å². The van der Waals surface area contributed by atoms with E-state index >= 15 is 0 Å². The third-order valence-corrected chi connectivity index (χ3v) is 2.72. The van der Waals surface area contributed by atoms with Gasteiger partial charge >= 0.3 is 0 Å². The number of sulfone groups is 1. The number of hydrogen-bond donors (Lipinski definition) is 1. The molecule has 0 saturated heterocycles. The second-order valence-corrected chi connectivity index (χ2v) is 4.67. The van der Waals surface area contributed by atoms with Gasteiger partial charge in [0.15, 0.2) is 9.84 Å². The predicted octanol–water partition coefficient (Wildman–Crippen LogP) is 0.681. The summed E-state index contributed by atoms with van der Waals surface area (Å²) in [5, 5.41) is 0. The lowest BCUT2D eigenvalue weighted by Crippen LogP contribution is -2.01. The quantitative estimate of drug-likeness (QED) is 0.714. The molecule has 5 heteroatoms. The van der Waals surface area contributed by atoms with Crippen LogP contribution < -0.4 is 10.5 Å². The van der Waals surface area contributed by atoms with Crippen LogP contribution in [-0.4, -0.2) is 21.8 Å². The number of benzene rings is 1. The van der Waals surface area contributed by atoms with E-state index in [-0.39, 0.29) is 10.6 Å². The summed E-state index contributed by atoms with van der Waals surface area (Å²) in [6, 6.07) is 4.44. The van der Waals surface area contributed by atoms with Crippen molar-refractivity contribution in [3.8, 4) is 5.75 Å². The van der Waals surface area contributed by atoms with E-state index in [1.165, 1.54) is 25.3 Å². The number of hydrogen-bond acceptors (Lipinski definition) is 4. The van der Waals surface area contributed by atoms with Crippen LogP contribution in [0.5, 0.6) is 5.75 Å². The molecule has 0 atom stereocenters. The monoisotopic (exact) mass is 201 g/mol. The van der Waals surface area contributed by atoms with Crippen LogP contribution in [-0.2, 0) is 9.84 Å². The molecule has 72 valence electrons. The van der Waals surface area contributed by atoms with E-state index in [0.717, 1.165) is 6.26 Å². The van der Waals surface area contributed by atoms with Crippen molar-refractivity contribution < 1.29 is 13.2 Å². The summed E-state index contributed by atoms with van der Waals surface area (Å²) in [5.74, 6) is 0.280. The molecule has 0 unspecified atom stereocenters.